The van der Waals surface area contributed by atoms with E-state index < -0.39 is 0 Å². The minimum absolute atomic E-state index is 0.898. The number of nitrogens with zero attached hydrogens (tertiary/aromatic N) is 1. The second-order valence-electron chi connectivity index (χ2n) is 4.34. The first kappa shape index (κ1) is 11.2. The lowest BCUT2D eigenvalue weighted by molar-refractivity contribution is 0.958. The molecule has 0 saturated heterocycles. The third-order valence-corrected chi connectivity index (χ3v) is 3.67. The van der Waals surface area contributed by atoms with Gasteiger partial charge in [0.2, 0.25) is 0 Å². The van der Waals surface area contributed by atoms with E-state index >= 15 is 0 Å². The monoisotopic (exact) mass is 251 g/mol. The number of benzene rings is 2. The highest BCUT2D eigenvalue weighted by Crippen LogP contribution is 2.21. The van der Waals surface area contributed by atoms with E-state index in [0.29, 0.717) is 0 Å². The van der Waals surface area contributed by atoms with Crippen molar-refractivity contribution in [2.45, 2.75) is 0 Å². The molecule has 3 aromatic rings. The topological polar surface area (TPSA) is 4.93 Å². The predicted octanol–water partition coefficient (Wildman–Crippen LogP) is 3.94. The third kappa shape index (κ3) is 1.75. The van der Waals surface area contributed by atoms with Gasteiger partial charge >= 0.3 is 0 Å². The molecule has 0 fully saturated rings. The molecule has 0 N–H and O–H groups in total. The van der Waals surface area contributed by atoms with Crippen molar-refractivity contribution in [3.8, 4) is 0 Å². The van der Waals surface area contributed by atoms with Gasteiger partial charge in [0, 0.05) is 18.0 Å². The lowest BCUT2D eigenvalue weighted by atomic mass is 10.1. The summed E-state index contributed by atoms with van der Waals surface area (Å²) in [5, 5.41) is 1.23. The number of aromatic nitrogens is 1. The van der Waals surface area contributed by atoms with Crippen molar-refractivity contribution in [1.29, 1.82) is 0 Å². The highest BCUT2D eigenvalue weighted by atomic mass is 32.1. The number of thiocarbonyl (C=S) groups is 1. The maximum Gasteiger partial charge on any atom is 0.0686 e. The van der Waals surface area contributed by atoms with E-state index in [-0.39, 0.29) is 0 Å². The van der Waals surface area contributed by atoms with Gasteiger partial charge in [-0.05, 0) is 17.7 Å². The van der Waals surface area contributed by atoms with E-state index in [4.69, 9.17) is 12.2 Å². The lowest BCUT2D eigenvalue weighted by Gasteiger charge is -2.06. The summed E-state index contributed by atoms with van der Waals surface area (Å²) in [6.07, 6.45) is 0. The van der Waals surface area contributed by atoms with Crippen molar-refractivity contribution < 1.29 is 0 Å². The molecule has 0 aliphatic rings. The quantitative estimate of drug-likeness (QED) is 0.493. The van der Waals surface area contributed by atoms with Gasteiger partial charge in [-0.3, -0.25) is 0 Å². The largest absolute Gasteiger partial charge is 0.343 e. The highest BCUT2D eigenvalue weighted by Gasteiger charge is 2.10. The fourth-order valence-corrected chi connectivity index (χ4v) is 2.58. The number of rotatable bonds is 2. The second-order valence-corrected chi connectivity index (χ2v) is 4.75. The van der Waals surface area contributed by atoms with Crippen molar-refractivity contribution >= 4 is 28.0 Å². The van der Waals surface area contributed by atoms with Gasteiger partial charge in [-0.15, -0.1) is 0 Å². The van der Waals surface area contributed by atoms with Crippen LogP contribution in [0.2, 0.25) is 0 Å². The fourth-order valence-electron chi connectivity index (χ4n) is 2.24. The van der Waals surface area contributed by atoms with Gasteiger partial charge in [0.1, 0.15) is 0 Å². The van der Waals surface area contributed by atoms with Crippen molar-refractivity contribution in [2.24, 2.45) is 7.05 Å². The molecule has 0 amide bonds. The number of hydrogen-bond acceptors (Lipinski definition) is 1. The van der Waals surface area contributed by atoms with Gasteiger partial charge in [0.05, 0.1) is 10.6 Å². The van der Waals surface area contributed by atoms with Crippen LogP contribution in [0.5, 0.6) is 0 Å². The molecule has 0 radical (unpaired) electrons. The summed E-state index contributed by atoms with van der Waals surface area (Å²) < 4.78 is 2.16. The van der Waals surface area contributed by atoms with E-state index in [2.05, 4.69) is 54.1 Å². The minimum Gasteiger partial charge on any atom is -0.343 e. The zero-order valence-electron chi connectivity index (χ0n) is 10.1. The van der Waals surface area contributed by atoms with Crippen LogP contribution in [0.1, 0.15) is 11.3 Å². The molecule has 2 heteroatoms. The SMILES string of the molecule is Cn1c(C(=S)c2ccccc2)cc2ccccc21. The van der Waals surface area contributed by atoms with Crippen LogP contribution in [0.3, 0.4) is 0 Å². The summed E-state index contributed by atoms with van der Waals surface area (Å²) in [6, 6.07) is 20.7. The summed E-state index contributed by atoms with van der Waals surface area (Å²) >= 11 is 5.59. The first-order valence-corrected chi connectivity index (χ1v) is 6.32. The van der Waals surface area contributed by atoms with Crippen LogP contribution in [-0.2, 0) is 7.05 Å². The summed E-state index contributed by atoms with van der Waals surface area (Å²) in [6.45, 7) is 0. The highest BCUT2D eigenvalue weighted by molar-refractivity contribution is 7.81. The molecule has 0 saturated carbocycles. The molecule has 1 aromatic heterocycles. The third-order valence-electron chi connectivity index (χ3n) is 3.22. The van der Waals surface area contributed by atoms with E-state index in [1.807, 2.05) is 18.2 Å². The Morgan fingerprint density at radius 1 is 0.944 bits per heavy atom. The molecule has 3 rings (SSSR count). The Hall–Kier alpha value is -1.93. The molecule has 1 nitrogen and oxygen atoms in total. The average molecular weight is 251 g/mol. The van der Waals surface area contributed by atoms with Crippen molar-refractivity contribution in [3.63, 3.8) is 0 Å². The molecule has 1 heterocycles. The second kappa shape index (κ2) is 4.39. The molecule has 2 aromatic carbocycles. The molecular formula is C16H13NS. The van der Waals surface area contributed by atoms with E-state index in [1.54, 1.807) is 0 Å². The Morgan fingerprint density at radius 3 is 2.33 bits per heavy atom. The van der Waals surface area contributed by atoms with Crippen molar-refractivity contribution in [2.75, 3.05) is 0 Å². The maximum atomic E-state index is 5.59. The number of para-hydroxylation sites is 1. The van der Waals surface area contributed by atoms with Crippen LogP contribution >= 0.6 is 12.2 Å². The Balaban J connectivity index is 2.15. The number of fused-ring (bicyclic) bond motifs is 1. The number of hydrogen-bond donors (Lipinski definition) is 0. The fraction of sp³-hybridized carbons (Fsp3) is 0.0625. The molecule has 0 atom stereocenters. The van der Waals surface area contributed by atoms with Crippen molar-refractivity contribution in [1.82, 2.24) is 4.57 Å². The summed E-state index contributed by atoms with van der Waals surface area (Å²) in [5.41, 5.74) is 3.40. The molecule has 0 aliphatic heterocycles. The maximum absolute atomic E-state index is 5.59. The summed E-state index contributed by atoms with van der Waals surface area (Å²) in [7, 11) is 2.06. The van der Waals surface area contributed by atoms with Gasteiger partial charge < -0.3 is 4.57 Å². The van der Waals surface area contributed by atoms with Gasteiger partial charge in [0.25, 0.3) is 0 Å². The Kier molecular flexibility index (Phi) is 2.73. The Bertz CT molecular complexity index is 710. The standard InChI is InChI=1S/C16H13NS/c1-17-14-10-6-5-9-13(14)11-15(17)16(18)12-7-3-2-4-8-12/h2-11H,1H3. The van der Waals surface area contributed by atoms with Crippen LogP contribution in [0.15, 0.2) is 60.7 Å². The molecule has 18 heavy (non-hydrogen) atoms. The van der Waals surface area contributed by atoms with E-state index in [0.717, 1.165) is 16.1 Å². The molecule has 0 aliphatic carbocycles. The Labute approximate surface area is 112 Å². The first-order chi connectivity index (χ1) is 8.77. The minimum atomic E-state index is 0.898. The van der Waals surface area contributed by atoms with Crippen LogP contribution < -0.4 is 0 Å². The molecular weight excluding hydrogens is 238 g/mol. The van der Waals surface area contributed by atoms with Gasteiger partial charge in [-0.25, -0.2) is 0 Å². The van der Waals surface area contributed by atoms with Gasteiger partial charge in [-0.2, -0.15) is 0 Å². The van der Waals surface area contributed by atoms with E-state index in [1.165, 1.54) is 10.9 Å². The molecule has 0 bridgehead atoms. The Morgan fingerprint density at radius 2 is 1.61 bits per heavy atom. The van der Waals surface area contributed by atoms with E-state index in [9.17, 15) is 0 Å². The van der Waals surface area contributed by atoms with Crippen LogP contribution in [-0.4, -0.2) is 9.43 Å². The smallest absolute Gasteiger partial charge is 0.0686 e. The first-order valence-electron chi connectivity index (χ1n) is 5.91. The predicted molar refractivity (Wildman–Crippen MR) is 80.2 cm³/mol. The molecule has 88 valence electrons. The normalized spacial score (nSPS) is 10.7. The van der Waals surface area contributed by atoms with Crippen LogP contribution in [0.25, 0.3) is 10.9 Å². The van der Waals surface area contributed by atoms with Gasteiger partial charge in [-0.1, -0.05) is 60.7 Å². The van der Waals surface area contributed by atoms with Crippen LogP contribution in [0, 0.1) is 0 Å². The van der Waals surface area contributed by atoms with Gasteiger partial charge in [0.15, 0.2) is 0 Å². The lowest BCUT2D eigenvalue weighted by Crippen LogP contribution is -2.05. The number of aryl methyl sites for hydroxylation is 1. The van der Waals surface area contributed by atoms with Crippen molar-refractivity contribution in [3.05, 3.63) is 71.9 Å². The molecule has 0 spiro atoms. The average Bonchev–Trinajstić information content (AvgIpc) is 2.77. The van der Waals surface area contributed by atoms with Crippen LogP contribution in [0.4, 0.5) is 0 Å². The zero-order chi connectivity index (χ0) is 12.5. The summed E-state index contributed by atoms with van der Waals surface area (Å²) in [5.74, 6) is 0. The zero-order valence-corrected chi connectivity index (χ0v) is 10.9. The molecule has 0 unspecified atom stereocenters. The summed E-state index contributed by atoms with van der Waals surface area (Å²) in [4.78, 5) is 0.898.